The van der Waals surface area contributed by atoms with Crippen LogP contribution in [0.4, 0.5) is 0 Å². The molecule has 0 unspecified atom stereocenters. The number of carboxylic acids is 1. The summed E-state index contributed by atoms with van der Waals surface area (Å²) < 4.78 is 0.549. The predicted molar refractivity (Wildman–Crippen MR) is 59.0 cm³/mol. The molecule has 0 bridgehead atoms. The number of benzene rings is 1. The molecule has 1 aromatic carbocycles. The van der Waals surface area contributed by atoms with E-state index in [1.54, 1.807) is 12.1 Å². The van der Waals surface area contributed by atoms with Gasteiger partial charge in [-0.2, -0.15) is 0 Å². The van der Waals surface area contributed by atoms with Crippen molar-refractivity contribution in [2.24, 2.45) is 0 Å². The third-order valence-corrected chi connectivity index (χ3v) is 3.75. The van der Waals surface area contributed by atoms with Crippen LogP contribution in [0.3, 0.4) is 0 Å². The van der Waals surface area contributed by atoms with Gasteiger partial charge in [0.2, 0.25) is 0 Å². The molecule has 15 heavy (non-hydrogen) atoms. The number of halogens is 1. The van der Waals surface area contributed by atoms with E-state index in [-0.39, 0.29) is 5.75 Å². The number of rotatable bonds is 2. The average Bonchev–Trinajstić information content (AvgIpc) is 2.08. The maximum absolute atomic E-state index is 11.2. The molecule has 2 N–H and O–H groups in total. The Balaban J connectivity index is 2.44. The molecule has 0 aliphatic heterocycles. The van der Waals surface area contributed by atoms with E-state index in [1.165, 1.54) is 6.07 Å². The molecule has 0 heterocycles. The summed E-state index contributed by atoms with van der Waals surface area (Å²) in [7, 11) is 0. The predicted octanol–water partition coefficient (Wildman–Crippen LogP) is 2.66. The molecule has 1 aliphatic rings. The van der Waals surface area contributed by atoms with Crippen molar-refractivity contribution in [2.45, 2.75) is 24.7 Å². The monoisotopic (exact) mass is 270 g/mol. The van der Waals surface area contributed by atoms with Crippen LogP contribution in [0.1, 0.15) is 24.8 Å². The van der Waals surface area contributed by atoms with Gasteiger partial charge in [0.25, 0.3) is 0 Å². The highest BCUT2D eigenvalue weighted by molar-refractivity contribution is 9.10. The van der Waals surface area contributed by atoms with Crippen LogP contribution in [-0.4, -0.2) is 16.2 Å². The third kappa shape index (κ3) is 1.53. The molecule has 0 spiro atoms. The zero-order valence-corrected chi connectivity index (χ0v) is 9.62. The van der Waals surface area contributed by atoms with Crippen LogP contribution < -0.4 is 0 Å². The Bertz CT molecular complexity index is 410. The first-order valence-corrected chi connectivity index (χ1v) is 5.58. The van der Waals surface area contributed by atoms with E-state index in [2.05, 4.69) is 15.9 Å². The van der Waals surface area contributed by atoms with Gasteiger partial charge in [-0.1, -0.05) is 12.5 Å². The second-order valence-corrected chi connectivity index (χ2v) is 4.76. The summed E-state index contributed by atoms with van der Waals surface area (Å²) in [6.07, 6.45) is 2.31. The summed E-state index contributed by atoms with van der Waals surface area (Å²) in [6.45, 7) is 0. The Labute approximate surface area is 95.9 Å². The van der Waals surface area contributed by atoms with E-state index >= 15 is 0 Å². The van der Waals surface area contributed by atoms with Crippen molar-refractivity contribution in [1.82, 2.24) is 0 Å². The molecule has 4 heteroatoms. The third-order valence-electron chi connectivity index (χ3n) is 3.12. The van der Waals surface area contributed by atoms with Gasteiger partial charge in [-0.15, -0.1) is 0 Å². The number of carboxylic acid groups (broad SMARTS) is 1. The van der Waals surface area contributed by atoms with Crippen molar-refractivity contribution in [3.8, 4) is 5.75 Å². The van der Waals surface area contributed by atoms with Gasteiger partial charge in [0.15, 0.2) is 0 Å². The maximum atomic E-state index is 11.2. The normalized spacial score (nSPS) is 18.2. The smallest absolute Gasteiger partial charge is 0.314 e. The van der Waals surface area contributed by atoms with Crippen LogP contribution in [0.5, 0.6) is 5.75 Å². The molecule has 0 amide bonds. The first-order valence-electron chi connectivity index (χ1n) is 4.79. The molecule has 1 fully saturated rings. The highest BCUT2D eigenvalue weighted by Gasteiger charge is 2.45. The van der Waals surface area contributed by atoms with Gasteiger partial charge in [0.1, 0.15) is 5.75 Å². The molecule has 80 valence electrons. The highest BCUT2D eigenvalue weighted by atomic mass is 79.9. The lowest BCUT2D eigenvalue weighted by Gasteiger charge is -2.38. The van der Waals surface area contributed by atoms with Crippen molar-refractivity contribution in [3.63, 3.8) is 0 Å². The lowest BCUT2D eigenvalue weighted by atomic mass is 9.64. The van der Waals surface area contributed by atoms with E-state index in [0.717, 1.165) is 12.0 Å². The zero-order chi connectivity index (χ0) is 11.1. The van der Waals surface area contributed by atoms with Gasteiger partial charge in [0.05, 0.1) is 9.89 Å². The van der Waals surface area contributed by atoms with Crippen LogP contribution in [0.2, 0.25) is 0 Å². The number of hydrogen-bond donors (Lipinski definition) is 2. The van der Waals surface area contributed by atoms with Crippen LogP contribution in [0.15, 0.2) is 22.7 Å². The van der Waals surface area contributed by atoms with E-state index in [9.17, 15) is 15.0 Å². The summed E-state index contributed by atoms with van der Waals surface area (Å²) in [6, 6.07) is 4.92. The van der Waals surface area contributed by atoms with Crippen LogP contribution in [-0.2, 0) is 10.2 Å². The molecule has 1 aliphatic carbocycles. The molecule has 0 aromatic heterocycles. The molecule has 0 atom stereocenters. The molecule has 1 saturated carbocycles. The van der Waals surface area contributed by atoms with Crippen molar-refractivity contribution >= 4 is 21.9 Å². The van der Waals surface area contributed by atoms with Crippen LogP contribution in [0, 0.1) is 0 Å². The lowest BCUT2D eigenvalue weighted by molar-refractivity contribution is -0.147. The topological polar surface area (TPSA) is 57.5 Å². The van der Waals surface area contributed by atoms with Crippen molar-refractivity contribution in [2.75, 3.05) is 0 Å². The van der Waals surface area contributed by atoms with E-state index in [1.807, 2.05) is 0 Å². The average molecular weight is 271 g/mol. The number of phenols is 1. The first kappa shape index (κ1) is 10.5. The Morgan fingerprint density at radius 2 is 2.07 bits per heavy atom. The Morgan fingerprint density at radius 3 is 2.47 bits per heavy atom. The lowest BCUT2D eigenvalue weighted by Crippen LogP contribution is -2.42. The molecule has 3 nitrogen and oxygen atoms in total. The van der Waals surface area contributed by atoms with Gasteiger partial charge in [-0.3, -0.25) is 4.79 Å². The molecular weight excluding hydrogens is 260 g/mol. The van der Waals surface area contributed by atoms with Gasteiger partial charge in [-0.25, -0.2) is 0 Å². The summed E-state index contributed by atoms with van der Waals surface area (Å²) in [5.74, 6) is -0.634. The van der Waals surface area contributed by atoms with E-state index < -0.39 is 11.4 Å². The minimum Gasteiger partial charge on any atom is -0.507 e. The fourth-order valence-electron chi connectivity index (χ4n) is 1.96. The molecule has 2 rings (SSSR count). The molecule has 0 saturated heterocycles. The van der Waals surface area contributed by atoms with Crippen molar-refractivity contribution < 1.29 is 15.0 Å². The SMILES string of the molecule is O=C(O)C1(c2ccc(O)c(Br)c2)CCC1. The number of hydrogen-bond acceptors (Lipinski definition) is 2. The van der Waals surface area contributed by atoms with Gasteiger partial charge >= 0.3 is 5.97 Å². The summed E-state index contributed by atoms with van der Waals surface area (Å²) in [5, 5.41) is 18.6. The number of carbonyl (C=O) groups is 1. The van der Waals surface area contributed by atoms with Crippen LogP contribution in [0.25, 0.3) is 0 Å². The number of aliphatic carboxylic acids is 1. The maximum Gasteiger partial charge on any atom is 0.314 e. The van der Waals surface area contributed by atoms with Crippen molar-refractivity contribution in [3.05, 3.63) is 28.2 Å². The Kier molecular flexibility index (Phi) is 2.46. The van der Waals surface area contributed by atoms with Crippen molar-refractivity contribution in [1.29, 1.82) is 0 Å². The van der Waals surface area contributed by atoms with Gasteiger partial charge in [-0.05, 0) is 46.5 Å². The number of aromatic hydroxyl groups is 1. The summed E-state index contributed by atoms with van der Waals surface area (Å²) >= 11 is 3.20. The Morgan fingerprint density at radius 1 is 1.40 bits per heavy atom. The number of phenolic OH excluding ortho intramolecular Hbond substituents is 1. The molecule has 1 aromatic rings. The second-order valence-electron chi connectivity index (χ2n) is 3.91. The summed E-state index contributed by atoms with van der Waals surface area (Å²) in [4.78, 5) is 11.2. The largest absolute Gasteiger partial charge is 0.507 e. The standard InChI is InChI=1S/C11H11BrO3/c12-8-6-7(2-3-9(8)13)11(10(14)15)4-1-5-11/h2-3,6,13H,1,4-5H2,(H,14,15). The van der Waals surface area contributed by atoms with E-state index in [4.69, 9.17) is 0 Å². The molecule has 0 radical (unpaired) electrons. The van der Waals surface area contributed by atoms with Gasteiger partial charge < -0.3 is 10.2 Å². The summed E-state index contributed by atoms with van der Waals surface area (Å²) in [5.41, 5.74) is 0.0434. The second kappa shape index (κ2) is 3.52. The molecular formula is C11H11BrO3. The van der Waals surface area contributed by atoms with Crippen LogP contribution >= 0.6 is 15.9 Å². The minimum absolute atomic E-state index is 0.138. The first-order chi connectivity index (χ1) is 7.06. The fraction of sp³-hybridized carbons (Fsp3) is 0.364. The fourth-order valence-corrected chi connectivity index (χ4v) is 2.34. The zero-order valence-electron chi connectivity index (χ0n) is 8.03. The van der Waals surface area contributed by atoms with E-state index in [0.29, 0.717) is 17.3 Å². The Hall–Kier alpha value is -1.03. The quantitative estimate of drug-likeness (QED) is 0.869. The highest BCUT2D eigenvalue weighted by Crippen LogP contribution is 2.45. The minimum atomic E-state index is -0.772. The van der Waals surface area contributed by atoms with Gasteiger partial charge in [0, 0.05) is 0 Å².